The molecule has 1 saturated heterocycles. The molecule has 0 aliphatic carbocycles. The van der Waals surface area contributed by atoms with Gasteiger partial charge in [-0.1, -0.05) is 11.6 Å². The van der Waals surface area contributed by atoms with Gasteiger partial charge in [-0.2, -0.15) is 0 Å². The van der Waals surface area contributed by atoms with Crippen molar-refractivity contribution in [2.75, 3.05) is 20.1 Å². The van der Waals surface area contributed by atoms with Crippen LogP contribution in [0.25, 0.3) is 10.9 Å². The van der Waals surface area contributed by atoms with Gasteiger partial charge in [-0.05, 0) is 51.0 Å². The highest BCUT2D eigenvalue weighted by molar-refractivity contribution is 6.31. The van der Waals surface area contributed by atoms with E-state index in [0.29, 0.717) is 24.7 Å². The molecule has 1 fully saturated rings. The summed E-state index contributed by atoms with van der Waals surface area (Å²) in [5.41, 5.74) is 0.456. The molecule has 3 amide bonds. The molecule has 3 rings (SSSR count). The third-order valence-corrected chi connectivity index (χ3v) is 5.38. The highest BCUT2D eigenvalue weighted by Crippen LogP contribution is 2.21. The van der Waals surface area contributed by atoms with Gasteiger partial charge in [0.25, 0.3) is 5.91 Å². The van der Waals surface area contributed by atoms with Crippen molar-refractivity contribution >= 4 is 34.4 Å². The first-order valence-electron chi connectivity index (χ1n) is 9.44. The van der Waals surface area contributed by atoms with Gasteiger partial charge < -0.3 is 25.2 Å². The van der Waals surface area contributed by atoms with Gasteiger partial charge >= 0.3 is 6.03 Å². The number of H-pyrrole nitrogens is 1. The largest absolute Gasteiger partial charge is 0.381 e. The molecule has 1 aromatic heterocycles. The first-order valence-corrected chi connectivity index (χ1v) is 9.82. The summed E-state index contributed by atoms with van der Waals surface area (Å²) in [6.45, 7) is 4.38. The number of urea groups is 1. The average Bonchev–Trinajstić information content (AvgIpc) is 3.06. The fourth-order valence-corrected chi connectivity index (χ4v) is 3.74. The average molecular weight is 407 g/mol. The molecule has 2 aromatic rings. The number of hydrogen-bond donors (Lipinski definition) is 3. The Labute approximate surface area is 169 Å². The van der Waals surface area contributed by atoms with Crippen LogP contribution in [-0.4, -0.2) is 63.6 Å². The molecule has 1 aromatic carbocycles. The van der Waals surface area contributed by atoms with Crippen molar-refractivity contribution in [2.24, 2.45) is 0 Å². The van der Waals surface area contributed by atoms with E-state index in [1.54, 1.807) is 16.8 Å². The van der Waals surface area contributed by atoms with Crippen LogP contribution in [0.4, 0.5) is 4.79 Å². The van der Waals surface area contributed by atoms with Gasteiger partial charge in [-0.25, -0.2) is 4.79 Å². The number of amides is 3. The normalized spacial score (nSPS) is 17.6. The second kappa shape index (κ2) is 8.01. The quantitative estimate of drug-likeness (QED) is 0.729. The zero-order chi connectivity index (χ0) is 20.5. The minimum absolute atomic E-state index is 0.0819. The maximum absolute atomic E-state index is 12.6. The Kier molecular flexibility index (Phi) is 5.86. The van der Waals surface area contributed by atoms with Crippen molar-refractivity contribution in [3.8, 4) is 0 Å². The molecule has 1 aliphatic heterocycles. The molecule has 2 heterocycles. The number of rotatable bonds is 4. The number of carbonyl (C=O) groups excluding carboxylic acids is 2. The molecule has 7 nitrogen and oxygen atoms in total. The number of fused-ring (bicyclic) bond motifs is 1. The molecule has 3 N–H and O–H groups in total. The number of nitrogens with one attached hydrogen (secondary N) is 2. The van der Waals surface area contributed by atoms with Crippen molar-refractivity contribution in [1.29, 1.82) is 0 Å². The first-order chi connectivity index (χ1) is 13.1. The molecule has 0 spiro atoms. The molecule has 0 saturated carbocycles. The molecule has 1 atom stereocenters. The van der Waals surface area contributed by atoms with Crippen molar-refractivity contribution in [3.63, 3.8) is 0 Å². The van der Waals surface area contributed by atoms with E-state index >= 15 is 0 Å². The SMILES string of the molecule is CN(C(=O)NCc1cc2cc(Cl)ccc2[nH]1)[C@@H]1CCCN(C(=O)C(C)(C)O)C1. The summed E-state index contributed by atoms with van der Waals surface area (Å²) in [4.78, 5) is 31.4. The number of aromatic nitrogens is 1. The van der Waals surface area contributed by atoms with Crippen molar-refractivity contribution in [2.45, 2.75) is 44.9 Å². The predicted molar refractivity (Wildman–Crippen MR) is 109 cm³/mol. The number of carbonyl (C=O) groups is 2. The number of piperidine rings is 1. The first kappa shape index (κ1) is 20.5. The van der Waals surface area contributed by atoms with Gasteiger partial charge in [0.2, 0.25) is 0 Å². The smallest absolute Gasteiger partial charge is 0.317 e. The van der Waals surface area contributed by atoms with Crippen molar-refractivity contribution in [3.05, 3.63) is 35.0 Å². The predicted octanol–water partition coefficient (Wildman–Crippen LogP) is 2.72. The Morgan fingerprint density at radius 3 is 2.86 bits per heavy atom. The third-order valence-electron chi connectivity index (χ3n) is 5.14. The summed E-state index contributed by atoms with van der Waals surface area (Å²) in [5, 5.41) is 14.5. The maximum Gasteiger partial charge on any atom is 0.317 e. The molecule has 152 valence electrons. The van der Waals surface area contributed by atoms with Crippen LogP contribution in [0.15, 0.2) is 24.3 Å². The van der Waals surface area contributed by atoms with E-state index in [1.165, 1.54) is 13.8 Å². The summed E-state index contributed by atoms with van der Waals surface area (Å²) in [6.07, 6.45) is 1.62. The molecule has 0 radical (unpaired) electrons. The fraction of sp³-hybridized carbons (Fsp3) is 0.500. The van der Waals surface area contributed by atoms with E-state index < -0.39 is 5.60 Å². The zero-order valence-electron chi connectivity index (χ0n) is 16.5. The summed E-state index contributed by atoms with van der Waals surface area (Å²) in [7, 11) is 1.74. The van der Waals surface area contributed by atoms with E-state index in [1.807, 2.05) is 24.3 Å². The van der Waals surface area contributed by atoms with Crippen LogP contribution in [0, 0.1) is 0 Å². The van der Waals surface area contributed by atoms with E-state index in [0.717, 1.165) is 29.4 Å². The Hall–Kier alpha value is -2.25. The van der Waals surface area contributed by atoms with Crippen molar-refractivity contribution in [1.82, 2.24) is 20.1 Å². The number of aromatic amines is 1. The molecule has 8 heteroatoms. The van der Waals surface area contributed by atoms with Gasteiger partial charge in [0.1, 0.15) is 5.60 Å². The zero-order valence-corrected chi connectivity index (χ0v) is 17.2. The minimum atomic E-state index is -1.40. The van der Waals surface area contributed by atoms with E-state index in [4.69, 9.17) is 11.6 Å². The van der Waals surface area contributed by atoms with Crippen LogP contribution in [-0.2, 0) is 11.3 Å². The summed E-state index contributed by atoms with van der Waals surface area (Å²) >= 11 is 6.01. The standard InChI is InChI=1S/C20H27ClN4O3/c1-20(2,28)18(26)25-8-4-5-16(12-25)24(3)19(27)22-11-15-10-13-9-14(21)6-7-17(13)23-15/h6-7,9-10,16,23,28H,4-5,8,11-12H2,1-3H3,(H,22,27)/t16-/m1/s1. The molecular formula is C20H27ClN4O3. The van der Waals surface area contributed by atoms with Crippen molar-refractivity contribution < 1.29 is 14.7 Å². The lowest BCUT2D eigenvalue weighted by atomic mass is 10.0. The molecule has 1 aliphatic rings. The fourth-order valence-electron chi connectivity index (χ4n) is 3.56. The minimum Gasteiger partial charge on any atom is -0.381 e. The van der Waals surface area contributed by atoms with Crippen LogP contribution in [0.5, 0.6) is 0 Å². The van der Waals surface area contributed by atoms with E-state index in [9.17, 15) is 14.7 Å². The molecule has 28 heavy (non-hydrogen) atoms. The lowest BCUT2D eigenvalue weighted by molar-refractivity contribution is -0.149. The highest BCUT2D eigenvalue weighted by Gasteiger charge is 2.34. The van der Waals surface area contributed by atoms with Gasteiger partial charge in [0.15, 0.2) is 0 Å². The Morgan fingerprint density at radius 1 is 1.39 bits per heavy atom. The Morgan fingerprint density at radius 2 is 2.14 bits per heavy atom. The van der Waals surface area contributed by atoms with Gasteiger partial charge in [-0.15, -0.1) is 0 Å². The Bertz CT molecular complexity index is 874. The monoisotopic (exact) mass is 406 g/mol. The molecule has 0 bridgehead atoms. The Balaban J connectivity index is 1.58. The lowest BCUT2D eigenvalue weighted by Gasteiger charge is -2.39. The maximum atomic E-state index is 12.6. The second-order valence-corrected chi connectivity index (χ2v) is 8.34. The van der Waals surface area contributed by atoms with E-state index in [-0.39, 0.29) is 18.0 Å². The summed E-state index contributed by atoms with van der Waals surface area (Å²) < 4.78 is 0. The van der Waals surface area contributed by atoms with Gasteiger partial charge in [0, 0.05) is 41.8 Å². The summed E-state index contributed by atoms with van der Waals surface area (Å²) in [6, 6.07) is 7.29. The van der Waals surface area contributed by atoms with Gasteiger partial charge in [-0.3, -0.25) is 4.79 Å². The second-order valence-electron chi connectivity index (χ2n) is 7.90. The van der Waals surface area contributed by atoms with E-state index in [2.05, 4.69) is 10.3 Å². The number of nitrogens with zero attached hydrogens (tertiary/aromatic N) is 2. The number of aliphatic hydroxyl groups is 1. The van der Waals surface area contributed by atoms with Crippen LogP contribution in [0.3, 0.4) is 0 Å². The molecular weight excluding hydrogens is 380 g/mol. The summed E-state index contributed by atoms with van der Waals surface area (Å²) in [5.74, 6) is -0.303. The van der Waals surface area contributed by atoms with Crippen LogP contribution >= 0.6 is 11.6 Å². The topological polar surface area (TPSA) is 88.7 Å². The number of likely N-dealkylation sites (tertiary alicyclic amines) is 1. The number of benzene rings is 1. The van der Waals surface area contributed by atoms with Crippen LogP contribution in [0.2, 0.25) is 5.02 Å². The number of hydrogen-bond acceptors (Lipinski definition) is 3. The van der Waals surface area contributed by atoms with Crippen LogP contribution in [0.1, 0.15) is 32.4 Å². The number of halogens is 1. The van der Waals surface area contributed by atoms with Crippen LogP contribution < -0.4 is 5.32 Å². The lowest BCUT2D eigenvalue weighted by Crippen LogP contribution is -2.55. The molecule has 0 unspecified atom stereocenters. The number of likely N-dealkylation sites (N-methyl/N-ethyl adjacent to an activating group) is 1. The highest BCUT2D eigenvalue weighted by atomic mass is 35.5. The van der Waals surface area contributed by atoms with Gasteiger partial charge in [0.05, 0.1) is 12.6 Å². The third kappa shape index (κ3) is 4.59.